The Morgan fingerprint density at radius 3 is 2.43 bits per heavy atom. The molecule has 0 N–H and O–H groups in total. The Balaban J connectivity index is 1.51. The Morgan fingerprint density at radius 1 is 1.10 bits per heavy atom. The minimum atomic E-state index is 0.277. The highest BCUT2D eigenvalue weighted by Gasteiger charge is 2.21. The van der Waals surface area contributed by atoms with Crippen LogP contribution in [0.3, 0.4) is 0 Å². The first-order chi connectivity index (χ1) is 10.2. The Kier molecular flexibility index (Phi) is 4.62. The number of aryl methyl sites for hydroxylation is 1. The fraction of sp³-hybridized carbons (Fsp3) is 0.632. The number of carbonyl (C=O) groups is 1. The number of benzene rings is 1. The number of hydrogen-bond acceptors (Lipinski definition) is 1. The molecular weight excluding hydrogens is 258 g/mol. The number of amides is 1. The fourth-order valence-corrected chi connectivity index (χ4v) is 3.75. The first-order valence-electron chi connectivity index (χ1n) is 8.61. The first kappa shape index (κ1) is 14.6. The molecule has 0 atom stereocenters. The SMILES string of the molecule is CC1CCC(CCc2ccc(N3CCCC3=O)cc2)CC1. The van der Waals surface area contributed by atoms with Crippen LogP contribution in [0.5, 0.6) is 0 Å². The fourth-order valence-electron chi connectivity index (χ4n) is 3.75. The van der Waals surface area contributed by atoms with Crippen LogP contribution in [0.25, 0.3) is 0 Å². The lowest BCUT2D eigenvalue weighted by Gasteiger charge is -2.26. The van der Waals surface area contributed by atoms with Crippen molar-refractivity contribution in [3.8, 4) is 0 Å². The van der Waals surface area contributed by atoms with E-state index in [0.717, 1.165) is 30.5 Å². The van der Waals surface area contributed by atoms with Crippen molar-refractivity contribution in [1.29, 1.82) is 0 Å². The predicted octanol–water partition coefficient (Wildman–Crippen LogP) is 4.57. The molecule has 21 heavy (non-hydrogen) atoms. The third kappa shape index (κ3) is 3.66. The number of rotatable bonds is 4. The van der Waals surface area contributed by atoms with Crippen molar-refractivity contribution in [2.45, 2.75) is 58.3 Å². The summed E-state index contributed by atoms with van der Waals surface area (Å²) in [5.41, 5.74) is 2.50. The summed E-state index contributed by atoms with van der Waals surface area (Å²) in [5, 5.41) is 0. The van der Waals surface area contributed by atoms with Gasteiger partial charge in [-0.2, -0.15) is 0 Å². The van der Waals surface area contributed by atoms with Crippen molar-refractivity contribution in [3.63, 3.8) is 0 Å². The monoisotopic (exact) mass is 285 g/mol. The molecule has 2 heteroatoms. The summed E-state index contributed by atoms with van der Waals surface area (Å²) in [4.78, 5) is 13.7. The quantitative estimate of drug-likeness (QED) is 0.793. The van der Waals surface area contributed by atoms with Crippen LogP contribution in [0.4, 0.5) is 5.69 Å². The van der Waals surface area contributed by atoms with Gasteiger partial charge in [-0.3, -0.25) is 4.79 Å². The molecule has 2 nitrogen and oxygen atoms in total. The van der Waals surface area contributed by atoms with Crippen LogP contribution in [-0.2, 0) is 11.2 Å². The van der Waals surface area contributed by atoms with Crippen molar-refractivity contribution in [3.05, 3.63) is 29.8 Å². The van der Waals surface area contributed by atoms with Gasteiger partial charge in [0.1, 0.15) is 0 Å². The van der Waals surface area contributed by atoms with E-state index in [9.17, 15) is 4.79 Å². The van der Waals surface area contributed by atoms with Crippen molar-refractivity contribution >= 4 is 11.6 Å². The molecule has 1 aliphatic heterocycles. The van der Waals surface area contributed by atoms with E-state index in [1.807, 2.05) is 4.90 Å². The molecule has 2 aliphatic rings. The highest BCUT2D eigenvalue weighted by Crippen LogP contribution is 2.31. The Labute approximate surface area is 128 Å². The molecule has 0 unspecified atom stereocenters. The van der Waals surface area contributed by atoms with Gasteiger partial charge in [0.25, 0.3) is 0 Å². The first-order valence-corrected chi connectivity index (χ1v) is 8.61. The van der Waals surface area contributed by atoms with Crippen LogP contribution in [0.1, 0.15) is 57.4 Å². The van der Waals surface area contributed by atoms with Crippen LogP contribution < -0.4 is 4.90 Å². The molecule has 2 fully saturated rings. The molecule has 1 amide bonds. The van der Waals surface area contributed by atoms with Gasteiger partial charge in [-0.1, -0.05) is 44.7 Å². The van der Waals surface area contributed by atoms with Crippen LogP contribution in [0.15, 0.2) is 24.3 Å². The van der Waals surface area contributed by atoms with E-state index in [2.05, 4.69) is 31.2 Å². The van der Waals surface area contributed by atoms with Gasteiger partial charge in [-0.05, 0) is 48.8 Å². The Hall–Kier alpha value is -1.31. The number of nitrogens with zero attached hydrogens (tertiary/aromatic N) is 1. The van der Waals surface area contributed by atoms with E-state index in [0.29, 0.717) is 6.42 Å². The van der Waals surface area contributed by atoms with Crippen LogP contribution >= 0.6 is 0 Å². The second-order valence-corrected chi connectivity index (χ2v) is 6.98. The zero-order valence-electron chi connectivity index (χ0n) is 13.2. The van der Waals surface area contributed by atoms with Crippen molar-refractivity contribution in [2.24, 2.45) is 11.8 Å². The van der Waals surface area contributed by atoms with Gasteiger partial charge in [-0.25, -0.2) is 0 Å². The summed E-state index contributed by atoms with van der Waals surface area (Å²) >= 11 is 0. The average Bonchev–Trinajstić information content (AvgIpc) is 2.93. The number of carbonyl (C=O) groups excluding carboxylic acids is 1. The topological polar surface area (TPSA) is 20.3 Å². The molecule has 1 aromatic carbocycles. The van der Waals surface area contributed by atoms with E-state index >= 15 is 0 Å². The van der Waals surface area contributed by atoms with E-state index in [1.165, 1.54) is 44.1 Å². The van der Waals surface area contributed by atoms with Gasteiger partial charge in [0.15, 0.2) is 0 Å². The maximum atomic E-state index is 11.7. The average molecular weight is 285 g/mol. The molecule has 1 aromatic rings. The van der Waals surface area contributed by atoms with Crippen molar-refractivity contribution in [1.82, 2.24) is 0 Å². The van der Waals surface area contributed by atoms with Gasteiger partial charge in [0.2, 0.25) is 5.91 Å². The maximum Gasteiger partial charge on any atom is 0.227 e. The van der Waals surface area contributed by atoms with Gasteiger partial charge >= 0.3 is 0 Å². The van der Waals surface area contributed by atoms with Gasteiger partial charge in [0, 0.05) is 18.7 Å². The standard InChI is InChI=1S/C19H27NO/c1-15-4-6-16(7-5-15)8-9-17-10-12-18(13-11-17)20-14-2-3-19(20)21/h10-13,15-16H,2-9,14H2,1H3. The molecule has 1 aliphatic carbocycles. The molecule has 1 heterocycles. The minimum absolute atomic E-state index is 0.277. The smallest absolute Gasteiger partial charge is 0.227 e. The van der Waals surface area contributed by atoms with E-state index in [1.54, 1.807) is 0 Å². The molecule has 0 bridgehead atoms. The second kappa shape index (κ2) is 6.64. The molecule has 0 aromatic heterocycles. The molecule has 114 valence electrons. The van der Waals surface area contributed by atoms with Crippen LogP contribution in [0.2, 0.25) is 0 Å². The Bertz CT molecular complexity index is 471. The zero-order chi connectivity index (χ0) is 14.7. The number of anilines is 1. The lowest BCUT2D eigenvalue weighted by molar-refractivity contribution is -0.117. The lowest BCUT2D eigenvalue weighted by Crippen LogP contribution is -2.23. The summed E-state index contributed by atoms with van der Waals surface area (Å²) in [5.74, 6) is 2.15. The van der Waals surface area contributed by atoms with Crippen LogP contribution in [0, 0.1) is 11.8 Å². The van der Waals surface area contributed by atoms with Gasteiger partial charge < -0.3 is 4.90 Å². The van der Waals surface area contributed by atoms with E-state index < -0.39 is 0 Å². The molecule has 1 saturated carbocycles. The van der Waals surface area contributed by atoms with Gasteiger partial charge in [0.05, 0.1) is 0 Å². The van der Waals surface area contributed by atoms with E-state index in [4.69, 9.17) is 0 Å². The van der Waals surface area contributed by atoms with Gasteiger partial charge in [-0.15, -0.1) is 0 Å². The van der Waals surface area contributed by atoms with Crippen LogP contribution in [-0.4, -0.2) is 12.5 Å². The molecule has 0 radical (unpaired) electrons. The minimum Gasteiger partial charge on any atom is -0.312 e. The second-order valence-electron chi connectivity index (χ2n) is 6.98. The summed E-state index contributed by atoms with van der Waals surface area (Å²) in [7, 11) is 0. The summed E-state index contributed by atoms with van der Waals surface area (Å²) < 4.78 is 0. The highest BCUT2D eigenvalue weighted by atomic mass is 16.2. The predicted molar refractivity (Wildman–Crippen MR) is 87.5 cm³/mol. The summed E-state index contributed by atoms with van der Waals surface area (Å²) in [6, 6.07) is 8.68. The zero-order valence-corrected chi connectivity index (χ0v) is 13.2. The molecule has 3 rings (SSSR count). The summed E-state index contributed by atoms with van der Waals surface area (Å²) in [6.45, 7) is 3.27. The molecule has 0 spiro atoms. The Morgan fingerprint density at radius 2 is 1.81 bits per heavy atom. The van der Waals surface area contributed by atoms with Crippen molar-refractivity contribution in [2.75, 3.05) is 11.4 Å². The number of hydrogen-bond donors (Lipinski definition) is 0. The highest BCUT2D eigenvalue weighted by molar-refractivity contribution is 5.95. The van der Waals surface area contributed by atoms with E-state index in [-0.39, 0.29) is 5.91 Å². The van der Waals surface area contributed by atoms with Crippen molar-refractivity contribution < 1.29 is 4.79 Å². The largest absolute Gasteiger partial charge is 0.312 e. The molecular formula is C19H27NO. The normalized spacial score (nSPS) is 26.3. The summed E-state index contributed by atoms with van der Waals surface area (Å²) in [6.07, 6.45) is 9.90. The third-order valence-corrected chi connectivity index (χ3v) is 5.30. The third-order valence-electron chi connectivity index (χ3n) is 5.30. The maximum absolute atomic E-state index is 11.7. The molecule has 1 saturated heterocycles. The lowest BCUT2D eigenvalue weighted by atomic mass is 9.80.